The molecule has 0 radical (unpaired) electrons. The smallest absolute Gasteiger partial charge is 0.255 e. The fourth-order valence-corrected chi connectivity index (χ4v) is 4.43. The van der Waals surface area contributed by atoms with Crippen LogP contribution in [0.3, 0.4) is 0 Å². The molecule has 1 aliphatic carbocycles. The average molecular weight is 384 g/mol. The second-order valence-electron chi connectivity index (χ2n) is 8.03. The van der Waals surface area contributed by atoms with Crippen LogP contribution >= 0.6 is 0 Å². The highest BCUT2D eigenvalue weighted by molar-refractivity contribution is 5.40. The van der Waals surface area contributed by atoms with Gasteiger partial charge in [0.05, 0.1) is 23.6 Å². The van der Waals surface area contributed by atoms with E-state index in [4.69, 9.17) is 4.98 Å². The average Bonchev–Trinajstić information content (AvgIpc) is 2.72. The Labute approximate surface area is 164 Å². The van der Waals surface area contributed by atoms with Gasteiger partial charge in [-0.2, -0.15) is 0 Å². The van der Waals surface area contributed by atoms with Crippen molar-refractivity contribution >= 4 is 0 Å². The van der Waals surface area contributed by atoms with Gasteiger partial charge in [-0.15, -0.1) is 0 Å². The molecule has 0 amide bonds. The third-order valence-corrected chi connectivity index (χ3v) is 6.14. The molecule has 7 heteroatoms. The van der Waals surface area contributed by atoms with Crippen LogP contribution in [0.1, 0.15) is 71.9 Å². The molecule has 4 rings (SSSR count). The lowest BCUT2D eigenvalue weighted by molar-refractivity contribution is 0.231. The number of H-pyrrole nitrogens is 1. The van der Waals surface area contributed by atoms with E-state index in [-0.39, 0.29) is 17.9 Å². The van der Waals surface area contributed by atoms with E-state index in [9.17, 15) is 15.0 Å². The molecule has 0 aromatic carbocycles. The van der Waals surface area contributed by atoms with Crippen LogP contribution in [-0.2, 0) is 26.1 Å². The summed E-state index contributed by atoms with van der Waals surface area (Å²) in [6.45, 7) is 3.29. The lowest BCUT2D eigenvalue weighted by Crippen LogP contribution is -2.36. The summed E-state index contributed by atoms with van der Waals surface area (Å²) in [6, 6.07) is 0. The summed E-state index contributed by atoms with van der Waals surface area (Å²) in [5.74, 6) is 1.37. The molecule has 28 heavy (non-hydrogen) atoms. The number of aliphatic hydroxyl groups is 1. The van der Waals surface area contributed by atoms with Gasteiger partial charge in [-0.05, 0) is 19.8 Å². The number of aromatic amines is 1. The van der Waals surface area contributed by atoms with Crippen molar-refractivity contribution in [1.29, 1.82) is 0 Å². The van der Waals surface area contributed by atoms with Gasteiger partial charge >= 0.3 is 0 Å². The molecule has 0 unspecified atom stereocenters. The number of aryl methyl sites for hydroxylation is 1. The monoisotopic (exact) mass is 384 g/mol. The second kappa shape index (κ2) is 8.01. The van der Waals surface area contributed by atoms with Gasteiger partial charge in [0.25, 0.3) is 5.56 Å². The summed E-state index contributed by atoms with van der Waals surface area (Å²) >= 11 is 0. The van der Waals surface area contributed by atoms with E-state index in [0.29, 0.717) is 35.8 Å². The summed E-state index contributed by atoms with van der Waals surface area (Å²) < 4.78 is 0. The highest BCUT2D eigenvalue weighted by atomic mass is 16.3. The van der Waals surface area contributed by atoms with Crippen LogP contribution in [0.2, 0.25) is 0 Å². The quantitative estimate of drug-likeness (QED) is 0.747. The molecule has 0 spiro atoms. The fraction of sp³-hybridized carbons (Fsp3) is 0.571. The zero-order chi connectivity index (χ0) is 19.7. The summed E-state index contributed by atoms with van der Waals surface area (Å²) in [7, 11) is 0. The van der Waals surface area contributed by atoms with Crippen LogP contribution in [0, 0.1) is 6.92 Å². The Morgan fingerprint density at radius 3 is 2.82 bits per heavy atom. The number of hydrogen-bond acceptors (Lipinski definition) is 6. The minimum absolute atomic E-state index is 0.0345. The maximum Gasteiger partial charge on any atom is 0.255 e. The number of fused-ring (bicyclic) bond motifs is 1. The molecule has 3 N–H and O–H groups in total. The number of aromatic nitrogens is 3. The number of rotatable bonds is 4. The zero-order valence-corrected chi connectivity index (χ0v) is 16.4. The van der Waals surface area contributed by atoms with E-state index < -0.39 is 0 Å². The predicted octanol–water partition coefficient (Wildman–Crippen LogP) is 2.28. The van der Waals surface area contributed by atoms with Gasteiger partial charge in [-0.25, -0.2) is 4.98 Å². The maximum absolute atomic E-state index is 12.7. The summed E-state index contributed by atoms with van der Waals surface area (Å²) in [5, 5.41) is 20.0. The Balaban J connectivity index is 1.56. The van der Waals surface area contributed by atoms with E-state index in [1.165, 1.54) is 19.3 Å². The van der Waals surface area contributed by atoms with Crippen molar-refractivity contribution in [1.82, 2.24) is 19.9 Å². The highest BCUT2D eigenvalue weighted by Crippen LogP contribution is 2.31. The molecule has 1 aliphatic heterocycles. The third kappa shape index (κ3) is 3.69. The van der Waals surface area contributed by atoms with Gasteiger partial charge in [0.1, 0.15) is 11.6 Å². The number of aliphatic hydroxyl groups excluding tert-OH is 1. The first-order valence-electron chi connectivity index (χ1n) is 10.2. The molecule has 0 bridgehead atoms. The van der Waals surface area contributed by atoms with Crippen molar-refractivity contribution in [3.05, 3.63) is 50.5 Å². The largest absolute Gasteiger partial charge is 0.506 e. The number of hydrogen-bond donors (Lipinski definition) is 3. The van der Waals surface area contributed by atoms with Crippen LogP contribution < -0.4 is 5.56 Å². The molecule has 3 heterocycles. The van der Waals surface area contributed by atoms with E-state index in [0.717, 1.165) is 42.9 Å². The zero-order valence-electron chi connectivity index (χ0n) is 16.4. The van der Waals surface area contributed by atoms with Crippen molar-refractivity contribution in [2.45, 2.75) is 71.1 Å². The fourth-order valence-electron chi connectivity index (χ4n) is 4.43. The van der Waals surface area contributed by atoms with Gasteiger partial charge in [-0.1, -0.05) is 19.3 Å². The standard InChI is InChI=1S/C21H28N4O3/c1-13-19(27)16(15(12-26)9-22-13)10-25-8-7-18-17(11-25)21(28)24-20(23-18)14-5-3-2-4-6-14/h9,14,26-27H,2-8,10-12H2,1H3,(H,23,24,28). The van der Waals surface area contributed by atoms with Gasteiger partial charge < -0.3 is 15.2 Å². The normalized spacial score (nSPS) is 18.2. The highest BCUT2D eigenvalue weighted by Gasteiger charge is 2.25. The lowest BCUT2D eigenvalue weighted by atomic mass is 9.88. The predicted molar refractivity (Wildman–Crippen MR) is 105 cm³/mol. The first kappa shape index (κ1) is 19.1. The van der Waals surface area contributed by atoms with Crippen molar-refractivity contribution in [2.24, 2.45) is 0 Å². The Morgan fingerprint density at radius 1 is 1.29 bits per heavy atom. The summed E-state index contributed by atoms with van der Waals surface area (Å²) in [6.07, 6.45) is 8.24. The van der Waals surface area contributed by atoms with Crippen LogP contribution in [0.25, 0.3) is 0 Å². The summed E-state index contributed by atoms with van der Waals surface area (Å²) in [5.41, 5.74) is 3.45. The summed E-state index contributed by atoms with van der Waals surface area (Å²) in [4.78, 5) is 26.8. The topological polar surface area (TPSA) is 102 Å². The lowest BCUT2D eigenvalue weighted by Gasteiger charge is -2.29. The number of nitrogens with one attached hydrogen (secondary N) is 1. The van der Waals surface area contributed by atoms with E-state index in [1.54, 1.807) is 13.1 Å². The number of nitrogens with zero attached hydrogens (tertiary/aromatic N) is 3. The van der Waals surface area contributed by atoms with Gasteiger partial charge in [0.15, 0.2) is 0 Å². The van der Waals surface area contributed by atoms with Crippen molar-refractivity contribution in [2.75, 3.05) is 6.54 Å². The van der Waals surface area contributed by atoms with Crippen molar-refractivity contribution in [3.8, 4) is 5.75 Å². The van der Waals surface area contributed by atoms with E-state index in [2.05, 4.69) is 14.9 Å². The third-order valence-electron chi connectivity index (χ3n) is 6.14. The molecule has 0 saturated heterocycles. The molecule has 2 aromatic heterocycles. The molecule has 2 aliphatic rings. The second-order valence-corrected chi connectivity index (χ2v) is 8.03. The van der Waals surface area contributed by atoms with Gasteiger partial charge in [0.2, 0.25) is 0 Å². The minimum atomic E-state index is -0.173. The Kier molecular flexibility index (Phi) is 5.46. The number of aromatic hydroxyl groups is 1. The molecule has 1 fully saturated rings. The van der Waals surface area contributed by atoms with Crippen LogP contribution in [0.4, 0.5) is 0 Å². The molecule has 150 valence electrons. The first-order valence-corrected chi connectivity index (χ1v) is 10.2. The minimum Gasteiger partial charge on any atom is -0.506 e. The van der Waals surface area contributed by atoms with Crippen LogP contribution in [0.15, 0.2) is 11.0 Å². The molecule has 0 atom stereocenters. The molecule has 7 nitrogen and oxygen atoms in total. The van der Waals surface area contributed by atoms with E-state index in [1.807, 2.05) is 0 Å². The van der Waals surface area contributed by atoms with Gasteiger partial charge in [0, 0.05) is 49.3 Å². The molecular formula is C21H28N4O3. The maximum atomic E-state index is 12.7. The Hall–Kier alpha value is -2.25. The van der Waals surface area contributed by atoms with Crippen LogP contribution in [0.5, 0.6) is 5.75 Å². The molecule has 2 aromatic rings. The van der Waals surface area contributed by atoms with Crippen molar-refractivity contribution < 1.29 is 10.2 Å². The molecular weight excluding hydrogens is 356 g/mol. The van der Waals surface area contributed by atoms with Gasteiger partial charge in [-0.3, -0.25) is 14.7 Å². The Bertz CT molecular complexity index is 919. The number of pyridine rings is 1. The Morgan fingerprint density at radius 2 is 2.07 bits per heavy atom. The molecule has 1 saturated carbocycles. The first-order chi connectivity index (χ1) is 13.6. The van der Waals surface area contributed by atoms with Crippen molar-refractivity contribution in [3.63, 3.8) is 0 Å². The van der Waals surface area contributed by atoms with Crippen LogP contribution in [-0.4, -0.2) is 36.6 Å². The van der Waals surface area contributed by atoms with E-state index >= 15 is 0 Å². The SMILES string of the molecule is Cc1ncc(CO)c(CN2CCc3nc(C4CCCCC4)[nH]c(=O)c3C2)c1O.